The zero-order chi connectivity index (χ0) is 15.4. The standard InChI is InChI=1S/C15H17N5OS/c1-3-12-19-20-13(21-12)9-22-15-17-11-8-6-5-7-10(11)14(18-15)16-4-2/h5-8H,3-4,9H2,1-2H3,(H,16,17,18). The van der Waals surface area contributed by atoms with Gasteiger partial charge in [-0.1, -0.05) is 30.8 Å². The number of anilines is 1. The van der Waals surface area contributed by atoms with E-state index in [1.54, 1.807) is 0 Å². The van der Waals surface area contributed by atoms with Gasteiger partial charge in [0, 0.05) is 18.4 Å². The van der Waals surface area contributed by atoms with Crippen molar-refractivity contribution in [1.82, 2.24) is 20.2 Å². The molecule has 0 bridgehead atoms. The van der Waals surface area contributed by atoms with Crippen LogP contribution in [0.3, 0.4) is 0 Å². The van der Waals surface area contributed by atoms with E-state index in [4.69, 9.17) is 4.42 Å². The van der Waals surface area contributed by atoms with Crippen molar-refractivity contribution in [3.63, 3.8) is 0 Å². The number of aryl methyl sites for hydroxylation is 1. The van der Waals surface area contributed by atoms with Crippen LogP contribution in [0.2, 0.25) is 0 Å². The smallest absolute Gasteiger partial charge is 0.226 e. The highest BCUT2D eigenvalue weighted by Gasteiger charge is 2.10. The van der Waals surface area contributed by atoms with Crippen LogP contribution in [0.15, 0.2) is 33.8 Å². The monoisotopic (exact) mass is 315 g/mol. The largest absolute Gasteiger partial charge is 0.424 e. The molecule has 1 aromatic carbocycles. The van der Waals surface area contributed by atoms with Crippen molar-refractivity contribution < 1.29 is 4.42 Å². The molecule has 0 saturated carbocycles. The normalized spacial score (nSPS) is 11.0. The summed E-state index contributed by atoms with van der Waals surface area (Å²) in [6.07, 6.45) is 0.745. The first-order valence-electron chi connectivity index (χ1n) is 7.24. The van der Waals surface area contributed by atoms with Gasteiger partial charge in [-0.15, -0.1) is 10.2 Å². The van der Waals surface area contributed by atoms with Crippen molar-refractivity contribution >= 4 is 28.5 Å². The van der Waals surface area contributed by atoms with E-state index in [9.17, 15) is 0 Å². The fourth-order valence-corrected chi connectivity index (χ4v) is 2.73. The Hall–Kier alpha value is -2.15. The molecule has 0 amide bonds. The van der Waals surface area contributed by atoms with Crippen LogP contribution in [0, 0.1) is 0 Å². The molecule has 2 heterocycles. The van der Waals surface area contributed by atoms with Gasteiger partial charge < -0.3 is 9.73 Å². The van der Waals surface area contributed by atoms with Crippen LogP contribution in [-0.2, 0) is 12.2 Å². The van der Waals surface area contributed by atoms with E-state index in [2.05, 4.69) is 32.4 Å². The zero-order valence-electron chi connectivity index (χ0n) is 12.5. The Morgan fingerprint density at radius 3 is 2.68 bits per heavy atom. The average Bonchev–Trinajstić information content (AvgIpc) is 3.01. The first kappa shape index (κ1) is 14.8. The highest BCUT2D eigenvalue weighted by atomic mass is 32.2. The van der Waals surface area contributed by atoms with Gasteiger partial charge in [-0.2, -0.15) is 0 Å². The molecule has 1 N–H and O–H groups in total. The molecule has 0 atom stereocenters. The minimum atomic E-state index is 0.566. The van der Waals surface area contributed by atoms with Gasteiger partial charge >= 0.3 is 0 Å². The van der Waals surface area contributed by atoms with Gasteiger partial charge in [-0.25, -0.2) is 9.97 Å². The molecule has 3 rings (SSSR count). The topological polar surface area (TPSA) is 76.7 Å². The van der Waals surface area contributed by atoms with Crippen LogP contribution in [0.4, 0.5) is 5.82 Å². The number of para-hydroxylation sites is 1. The van der Waals surface area contributed by atoms with Crippen molar-refractivity contribution in [1.29, 1.82) is 0 Å². The predicted molar refractivity (Wildman–Crippen MR) is 86.9 cm³/mol. The van der Waals surface area contributed by atoms with E-state index < -0.39 is 0 Å². The Labute approximate surface area is 132 Å². The molecule has 2 aromatic heterocycles. The highest BCUT2D eigenvalue weighted by molar-refractivity contribution is 7.98. The number of fused-ring (bicyclic) bond motifs is 1. The van der Waals surface area contributed by atoms with Crippen molar-refractivity contribution in [3.8, 4) is 0 Å². The summed E-state index contributed by atoms with van der Waals surface area (Å²) in [5.74, 6) is 2.68. The molecule has 0 fully saturated rings. The second-order valence-electron chi connectivity index (χ2n) is 4.63. The fourth-order valence-electron chi connectivity index (χ4n) is 2.04. The second kappa shape index (κ2) is 6.74. The molecule has 22 heavy (non-hydrogen) atoms. The van der Waals surface area contributed by atoms with Crippen LogP contribution in [-0.4, -0.2) is 26.7 Å². The summed E-state index contributed by atoms with van der Waals surface area (Å²) in [4.78, 5) is 9.17. The Balaban J connectivity index is 1.83. The van der Waals surface area contributed by atoms with Crippen molar-refractivity contribution in [3.05, 3.63) is 36.0 Å². The number of nitrogens with one attached hydrogen (secondary N) is 1. The maximum atomic E-state index is 5.51. The Morgan fingerprint density at radius 2 is 1.91 bits per heavy atom. The summed E-state index contributed by atoms with van der Waals surface area (Å²) >= 11 is 1.49. The SMILES string of the molecule is CCNc1nc(SCc2nnc(CC)o2)nc2ccccc12. The number of rotatable bonds is 6. The van der Waals surface area contributed by atoms with Crippen LogP contribution in [0.1, 0.15) is 25.6 Å². The van der Waals surface area contributed by atoms with Crippen LogP contribution >= 0.6 is 11.8 Å². The van der Waals surface area contributed by atoms with Gasteiger partial charge in [-0.05, 0) is 19.1 Å². The van der Waals surface area contributed by atoms with Gasteiger partial charge in [0.15, 0.2) is 5.16 Å². The Bertz CT molecular complexity index is 773. The van der Waals surface area contributed by atoms with Gasteiger partial charge in [0.2, 0.25) is 11.8 Å². The summed E-state index contributed by atoms with van der Waals surface area (Å²) < 4.78 is 5.51. The Morgan fingerprint density at radius 1 is 1.09 bits per heavy atom. The molecular weight excluding hydrogens is 298 g/mol. The summed E-state index contributed by atoms with van der Waals surface area (Å²) in [7, 11) is 0. The number of hydrogen-bond donors (Lipinski definition) is 1. The molecule has 3 aromatic rings. The number of aromatic nitrogens is 4. The lowest BCUT2D eigenvalue weighted by Gasteiger charge is -2.08. The third-order valence-corrected chi connectivity index (χ3v) is 3.89. The highest BCUT2D eigenvalue weighted by Crippen LogP contribution is 2.26. The quantitative estimate of drug-likeness (QED) is 0.552. The first-order chi connectivity index (χ1) is 10.8. The number of thioether (sulfide) groups is 1. The van der Waals surface area contributed by atoms with E-state index in [0.29, 0.717) is 22.7 Å². The second-order valence-corrected chi connectivity index (χ2v) is 5.58. The molecule has 0 aliphatic carbocycles. The van der Waals surface area contributed by atoms with Crippen LogP contribution in [0.25, 0.3) is 10.9 Å². The zero-order valence-corrected chi connectivity index (χ0v) is 13.4. The van der Waals surface area contributed by atoms with Gasteiger partial charge in [0.05, 0.1) is 11.3 Å². The summed E-state index contributed by atoms with van der Waals surface area (Å²) in [5, 5.41) is 13.0. The lowest BCUT2D eigenvalue weighted by atomic mass is 10.2. The maximum Gasteiger partial charge on any atom is 0.226 e. The molecule has 0 aliphatic rings. The summed E-state index contributed by atoms with van der Waals surface area (Å²) in [5.41, 5.74) is 0.927. The molecular formula is C15H17N5OS. The molecule has 0 unspecified atom stereocenters. The van der Waals surface area contributed by atoms with Crippen molar-refractivity contribution in [2.45, 2.75) is 31.2 Å². The van der Waals surface area contributed by atoms with Gasteiger partial charge in [-0.3, -0.25) is 0 Å². The molecule has 114 valence electrons. The lowest BCUT2D eigenvalue weighted by Crippen LogP contribution is -2.02. The number of benzene rings is 1. The molecule has 7 heteroatoms. The summed E-state index contributed by atoms with van der Waals surface area (Å²) in [6.45, 7) is 4.85. The average molecular weight is 315 g/mol. The molecule has 0 aliphatic heterocycles. The maximum absolute atomic E-state index is 5.51. The van der Waals surface area contributed by atoms with Crippen molar-refractivity contribution in [2.24, 2.45) is 0 Å². The summed E-state index contributed by atoms with van der Waals surface area (Å²) in [6, 6.07) is 7.98. The van der Waals surface area contributed by atoms with E-state index in [1.165, 1.54) is 11.8 Å². The lowest BCUT2D eigenvalue weighted by molar-refractivity contribution is 0.470. The third-order valence-electron chi connectivity index (χ3n) is 3.06. The molecule has 0 saturated heterocycles. The van der Waals surface area contributed by atoms with Gasteiger partial charge in [0.1, 0.15) is 5.82 Å². The van der Waals surface area contributed by atoms with E-state index in [-0.39, 0.29) is 0 Å². The number of nitrogens with zero attached hydrogens (tertiary/aromatic N) is 4. The van der Waals surface area contributed by atoms with Crippen LogP contribution < -0.4 is 5.32 Å². The molecule has 0 spiro atoms. The molecule has 0 radical (unpaired) electrons. The van der Waals surface area contributed by atoms with E-state index in [1.807, 2.05) is 31.2 Å². The Kier molecular flexibility index (Phi) is 4.53. The number of hydrogen-bond acceptors (Lipinski definition) is 7. The van der Waals surface area contributed by atoms with Crippen LogP contribution in [0.5, 0.6) is 0 Å². The third kappa shape index (κ3) is 3.19. The van der Waals surface area contributed by atoms with Gasteiger partial charge in [0.25, 0.3) is 0 Å². The predicted octanol–water partition coefficient (Wildman–Crippen LogP) is 3.30. The first-order valence-corrected chi connectivity index (χ1v) is 8.23. The fraction of sp³-hybridized carbons (Fsp3) is 0.333. The minimum absolute atomic E-state index is 0.566. The van der Waals surface area contributed by atoms with E-state index >= 15 is 0 Å². The van der Waals surface area contributed by atoms with E-state index in [0.717, 1.165) is 29.7 Å². The van der Waals surface area contributed by atoms with Crippen molar-refractivity contribution in [2.75, 3.05) is 11.9 Å². The molecule has 6 nitrogen and oxygen atoms in total. The minimum Gasteiger partial charge on any atom is -0.424 e.